The van der Waals surface area contributed by atoms with Crippen molar-refractivity contribution < 1.29 is 9.59 Å². The van der Waals surface area contributed by atoms with Gasteiger partial charge in [-0.15, -0.1) is 0 Å². The van der Waals surface area contributed by atoms with Crippen molar-refractivity contribution >= 4 is 17.5 Å². The molecule has 160 valence electrons. The van der Waals surface area contributed by atoms with E-state index in [1.54, 1.807) is 4.52 Å². The van der Waals surface area contributed by atoms with E-state index in [1.165, 1.54) is 0 Å². The lowest BCUT2D eigenvalue weighted by Crippen LogP contribution is -2.65. The molecule has 0 spiro atoms. The molecule has 2 aromatic rings. The number of rotatable bonds is 3. The van der Waals surface area contributed by atoms with Gasteiger partial charge in [0.25, 0.3) is 5.91 Å². The Bertz CT molecular complexity index is 999. The van der Waals surface area contributed by atoms with Crippen LogP contribution in [0.5, 0.6) is 0 Å². The highest BCUT2D eigenvalue weighted by molar-refractivity contribution is 5.93. The number of hydrogen-bond acceptors (Lipinski definition) is 4. The zero-order chi connectivity index (χ0) is 21.0. The number of fused-ring (bicyclic) bond motifs is 5. The fourth-order valence-electron chi connectivity index (χ4n) is 6.16. The molecule has 2 amide bonds. The van der Waals surface area contributed by atoms with Crippen molar-refractivity contribution in [1.29, 1.82) is 0 Å². The molecular formula is C23H31N5O2. The molecule has 3 aliphatic heterocycles. The van der Waals surface area contributed by atoms with Gasteiger partial charge in [-0.2, -0.15) is 5.10 Å². The molecule has 0 radical (unpaired) electrons. The van der Waals surface area contributed by atoms with Gasteiger partial charge in [0.05, 0.1) is 0 Å². The molecule has 7 heteroatoms. The van der Waals surface area contributed by atoms with Crippen molar-refractivity contribution in [3.05, 3.63) is 29.2 Å². The van der Waals surface area contributed by atoms with Crippen LogP contribution in [-0.4, -0.2) is 61.4 Å². The second-order valence-corrected chi connectivity index (χ2v) is 9.42. The smallest absolute Gasteiger partial charge is 0.274 e. The molecular weight excluding hydrogens is 378 g/mol. The standard InChI is InChI=1S/C23H31N5O2/c1-4-6-19-16-10-17(20-7-5-8-22(29)27(19)20)13-26(12-16)23(30)18-11-21-24-14(2)9-15(3)28(21)25-18/h9,11,16-17,19-20H,4-8,10,12-13H2,1-3H3/t16-,17+,19-,20-/m0/s1. The SMILES string of the molecule is CCC[C@H]1[C@H]2C[C@H](CN(C(=O)c3cc4nc(C)cc(C)n4n3)C2)[C@@H]2CCCC(=O)N21. The average Bonchev–Trinajstić information content (AvgIpc) is 3.15. The molecule has 0 unspecified atom stereocenters. The zero-order valence-electron chi connectivity index (χ0n) is 18.2. The van der Waals surface area contributed by atoms with Crippen LogP contribution in [0.1, 0.15) is 67.3 Å². The third kappa shape index (κ3) is 3.10. The van der Waals surface area contributed by atoms with E-state index in [1.807, 2.05) is 30.9 Å². The maximum absolute atomic E-state index is 13.4. The third-order valence-corrected chi connectivity index (χ3v) is 7.32. The number of likely N-dealkylation sites (tertiary alicyclic amines) is 1. The summed E-state index contributed by atoms with van der Waals surface area (Å²) >= 11 is 0. The summed E-state index contributed by atoms with van der Waals surface area (Å²) in [4.78, 5) is 35.0. The summed E-state index contributed by atoms with van der Waals surface area (Å²) in [5.41, 5.74) is 3.10. The highest BCUT2D eigenvalue weighted by Crippen LogP contribution is 2.43. The van der Waals surface area contributed by atoms with Crippen molar-refractivity contribution in [2.75, 3.05) is 13.1 Å². The lowest BCUT2D eigenvalue weighted by molar-refractivity contribution is -0.152. The average molecular weight is 410 g/mol. The van der Waals surface area contributed by atoms with Crippen LogP contribution >= 0.6 is 0 Å². The lowest BCUT2D eigenvalue weighted by atomic mass is 9.71. The molecule has 3 fully saturated rings. The number of aromatic nitrogens is 3. The van der Waals surface area contributed by atoms with E-state index in [0.717, 1.165) is 62.2 Å². The van der Waals surface area contributed by atoms with Gasteiger partial charge in [0.15, 0.2) is 11.3 Å². The van der Waals surface area contributed by atoms with Crippen LogP contribution in [0.4, 0.5) is 0 Å². The van der Waals surface area contributed by atoms with Gasteiger partial charge in [0.1, 0.15) is 0 Å². The van der Waals surface area contributed by atoms with E-state index in [4.69, 9.17) is 0 Å². The topological polar surface area (TPSA) is 70.8 Å². The highest BCUT2D eigenvalue weighted by Gasteiger charge is 2.49. The van der Waals surface area contributed by atoms with E-state index >= 15 is 0 Å². The van der Waals surface area contributed by atoms with Crippen LogP contribution in [0.2, 0.25) is 0 Å². The van der Waals surface area contributed by atoms with Crippen molar-refractivity contribution in [3.63, 3.8) is 0 Å². The van der Waals surface area contributed by atoms with E-state index in [0.29, 0.717) is 35.9 Å². The molecule has 0 saturated carbocycles. The number of amides is 2. The Balaban J connectivity index is 1.44. The van der Waals surface area contributed by atoms with Gasteiger partial charge >= 0.3 is 0 Å². The van der Waals surface area contributed by atoms with Gasteiger partial charge in [-0.25, -0.2) is 9.50 Å². The van der Waals surface area contributed by atoms with Crippen LogP contribution in [0, 0.1) is 25.7 Å². The summed E-state index contributed by atoms with van der Waals surface area (Å²) < 4.78 is 1.76. The summed E-state index contributed by atoms with van der Waals surface area (Å²) in [7, 11) is 0. The lowest BCUT2D eigenvalue weighted by Gasteiger charge is -2.56. The van der Waals surface area contributed by atoms with Crippen molar-refractivity contribution in [2.45, 2.75) is 71.4 Å². The summed E-state index contributed by atoms with van der Waals surface area (Å²) in [5, 5.41) is 4.57. The number of aryl methyl sites for hydroxylation is 2. The zero-order valence-corrected chi connectivity index (χ0v) is 18.2. The summed E-state index contributed by atoms with van der Waals surface area (Å²) in [6.45, 7) is 7.57. The van der Waals surface area contributed by atoms with E-state index in [2.05, 4.69) is 21.9 Å². The summed E-state index contributed by atoms with van der Waals surface area (Å²) in [6.07, 6.45) is 5.96. The van der Waals surface area contributed by atoms with E-state index in [-0.39, 0.29) is 11.9 Å². The van der Waals surface area contributed by atoms with Crippen molar-refractivity contribution in [1.82, 2.24) is 24.4 Å². The second kappa shape index (κ2) is 7.36. The summed E-state index contributed by atoms with van der Waals surface area (Å²) in [6, 6.07) is 4.35. The molecule has 2 bridgehead atoms. The third-order valence-electron chi connectivity index (χ3n) is 7.32. The molecule has 4 atom stereocenters. The molecule has 5 heterocycles. The largest absolute Gasteiger partial charge is 0.337 e. The quantitative estimate of drug-likeness (QED) is 0.781. The molecule has 0 aliphatic carbocycles. The number of piperidine rings is 3. The van der Waals surface area contributed by atoms with Gasteiger partial charge < -0.3 is 9.80 Å². The maximum atomic E-state index is 13.4. The molecule has 5 rings (SSSR count). The summed E-state index contributed by atoms with van der Waals surface area (Å²) in [5.74, 6) is 1.07. The first-order chi connectivity index (χ1) is 14.5. The first-order valence-corrected chi connectivity index (χ1v) is 11.4. The molecule has 7 nitrogen and oxygen atoms in total. The Labute approximate surface area is 177 Å². The van der Waals surface area contributed by atoms with Crippen molar-refractivity contribution in [2.24, 2.45) is 11.8 Å². The van der Waals surface area contributed by atoms with Gasteiger partial charge in [0, 0.05) is 49.0 Å². The molecule has 3 saturated heterocycles. The minimum absolute atomic E-state index is 0.00177. The number of carbonyl (C=O) groups excluding carboxylic acids is 2. The van der Waals surface area contributed by atoms with Crippen LogP contribution in [0.15, 0.2) is 12.1 Å². The fourth-order valence-corrected chi connectivity index (χ4v) is 6.16. The Morgan fingerprint density at radius 2 is 2.00 bits per heavy atom. The molecule has 0 N–H and O–H groups in total. The van der Waals surface area contributed by atoms with Crippen LogP contribution in [0.25, 0.3) is 5.65 Å². The van der Waals surface area contributed by atoms with Crippen LogP contribution in [-0.2, 0) is 4.79 Å². The normalized spacial score (nSPS) is 28.7. The van der Waals surface area contributed by atoms with Crippen LogP contribution < -0.4 is 0 Å². The number of nitrogens with zero attached hydrogens (tertiary/aromatic N) is 5. The predicted octanol–water partition coefficient (Wildman–Crippen LogP) is 2.99. The minimum Gasteiger partial charge on any atom is -0.337 e. The Hall–Kier alpha value is -2.44. The van der Waals surface area contributed by atoms with Gasteiger partial charge in [-0.3, -0.25) is 9.59 Å². The Morgan fingerprint density at radius 1 is 1.20 bits per heavy atom. The first-order valence-electron chi connectivity index (χ1n) is 11.4. The number of carbonyl (C=O) groups is 2. The minimum atomic E-state index is -0.00177. The molecule has 30 heavy (non-hydrogen) atoms. The Morgan fingerprint density at radius 3 is 2.80 bits per heavy atom. The van der Waals surface area contributed by atoms with Gasteiger partial charge in [0.2, 0.25) is 5.91 Å². The van der Waals surface area contributed by atoms with E-state index < -0.39 is 0 Å². The fraction of sp³-hybridized carbons (Fsp3) is 0.652. The van der Waals surface area contributed by atoms with Gasteiger partial charge in [-0.1, -0.05) is 13.3 Å². The molecule has 0 aromatic carbocycles. The Kier molecular flexibility index (Phi) is 4.79. The maximum Gasteiger partial charge on any atom is 0.274 e. The second-order valence-electron chi connectivity index (χ2n) is 9.42. The number of hydrogen-bond donors (Lipinski definition) is 0. The molecule has 2 aromatic heterocycles. The first kappa shape index (κ1) is 19.5. The van der Waals surface area contributed by atoms with Crippen molar-refractivity contribution in [3.8, 4) is 0 Å². The van der Waals surface area contributed by atoms with Gasteiger partial charge in [-0.05, 0) is 57.4 Å². The highest BCUT2D eigenvalue weighted by atomic mass is 16.2. The predicted molar refractivity (Wildman–Crippen MR) is 113 cm³/mol. The van der Waals surface area contributed by atoms with Crippen LogP contribution in [0.3, 0.4) is 0 Å². The monoisotopic (exact) mass is 409 g/mol. The molecule has 3 aliphatic rings. The van der Waals surface area contributed by atoms with E-state index in [9.17, 15) is 9.59 Å².